The van der Waals surface area contributed by atoms with Crippen molar-refractivity contribution in [3.05, 3.63) is 28.0 Å². The Bertz CT molecular complexity index is 464. The Balaban J connectivity index is 2.35. The number of carbonyl (C=O) groups is 1. The highest BCUT2D eigenvalue weighted by Crippen LogP contribution is 2.31. The lowest BCUT2D eigenvalue weighted by Crippen LogP contribution is -2.26. The Morgan fingerprint density at radius 1 is 1.59 bits per heavy atom. The number of amides is 1. The number of aryl methyl sites for hydroxylation is 1. The van der Waals surface area contributed by atoms with Crippen molar-refractivity contribution in [3.63, 3.8) is 0 Å². The minimum Gasteiger partial charge on any atom is -0.330 e. The second kappa shape index (κ2) is 4.74. The third kappa shape index (κ3) is 2.35. The highest BCUT2D eigenvalue weighted by atomic mass is 79.9. The number of rotatable bonds is 2. The minimum absolute atomic E-state index is 0.0575. The summed E-state index contributed by atoms with van der Waals surface area (Å²) in [5.41, 5.74) is 7.10. The molecular formula is C12H14BrFN2O. The number of halogens is 2. The van der Waals surface area contributed by atoms with Crippen molar-refractivity contribution in [2.24, 2.45) is 11.7 Å². The zero-order valence-corrected chi connectivity index (χ0v) is 11.1. The monoisotopic (exact) mass is 300 g/mol. The molecule has 1 aliphatic heterocycles. The molecule has 1 aromatic carbocycles. The van der Waals surface area contributed by atoms with E-state index in [1.807, 2.05) is 0 Å². The molecule has 1 aliphatic rings. The van der Waals surface area contributed by atoms with E-state index in [4.69, 9.17) is 5.73 Å². The van der Waals surface area contributed by atoms with Crippen molar-refractivity contribution in [3.8, 4) is 0 Å². The Kier molecular flexibility index (Phi) is 3.49. The summed E-state index contributed by atoms with van der Waals surface area (Å²) < 4.78 is 13.7. The predicted octanol–water partition coefficient (Wildman–Crippen LogP) is 2.21. The first kappa shape index (κ1) is 12.5. The van der Waals surface area contributed by atoms with Crippen LogP contribution in [-0.4, -0.2) is 19.0 Å². The van der Waals surface area contributed by atoms with E-state index in [0.29, 0.717) is 24.0 Å². The number of benzene rings is 1. The summed E-state index contributed by atoms with van der Waals surface area (Å²) in [6.45, 7) is 2.92. The smallest absolute Gasteiger partial charge is 0.227 e. The molecule has 3 nitrogen and oxygen atoms in total. The number of hydrogen-bond donors (Lipinski definition) is 1. The molecule has 1 saturated heterocycles. The molecule has 0 spiro atoms. The van der Waals surface area contributed by atoms with Gasteiger partial charge in [0.1, 0.15) is 5.82 Å². The highest BCUT2D eigenvalue weighted by Gasteiger charge is 2.30. The number of nitrogens with zero attached hydrogens (tertiary/aromatic N) is 1. The SMILES string of the molecule is Cc1cc(F)c(Br)cc1N1CC(CN)CC1=O. The van der Waals surface area contributed by atoms with Gasteiger partial charge in [-0.05, 0) is 53.0 Å². The number of anilines is 1. The fourth-order valence-corrected chi connectivity index (χ4v) is 2.43. The second-order valence-electron chi connectivity index (χ2n) is 4.36. The lowest BCUT2D eigenvalue weighted by Gasteiger charge is -2.19. The van der Waals surface area contributed by atoms with Gasteiger partial charge in [-0.1, -0.05) is 0 Å². The fraction of sp³-hybridized carbons (Fsp3) is 0.417. The van der Waals surface area contributed by atoms with Crippen LogP contribution >= 0.6 is 15.9 Å². The highest BCUT2D eigenvalue weighted by molar-refractivity contribution is 9.10. The maximum atomic E-state index is 13.3. The molecule has 92 valence electrons. The van der Waals surface area contributed by atoms with Crippen molar-refractivity contribution in [2.45, 2.75) is 13.3 Å². The van der Waals surface area contributed by atoms with Crippen molar-refractivity contribution in [1.82, 2.24) is 0 Å². The zero-order valence-electron chi connectivity index (χ0n) is 9.54. The molecule has 1 amide bonds. The average Bonchev–Trinajstić information content (AvgIpc) is 2.65. The van der Waals surface area contributed by atoms with Crippen LogP contribution in [0.25, 0.3) is 0 Å². The summed E-state index contributed by atoms with van der Waals surface area (Å²) in [6.07, 6.45) is 0.477. The average molecular weight is 301 g/mol. The molecule has 0 bridgehead atoms. The quantitative estimate of drug-likeness (QED) is 0.910. The van der Waals surface area contributed by atoms with Gasteiger partial charge in [0, 0.05) is 18.7 Å². The van der Waals surface area contributed by atoms with Gasteiger partial charge in [-0.2, -0.15) is 0 Å². The van der Waals surface area contributed by atoms with Crippen LogP contribution in [0.1, 0.15) is 12.0 Å². The van der Waals surface area contributed by atoms with Gasteiger partial charge in [0.25, 0.3) is 0 Å². The fourth-order valence-electron chi connectivity index (χ4n) is 2.10. The molecule has 2 rings (SSSR count). The van der Waals surface area contributed by atoms with Gasteiger partial charge in [0.2, 0.25) is 5.91 Å². The van der Waals surface area contributed by atoms with E-state index in [-0.39, 0.29) is 17.6 Å². The Hall–Kier alpha value is -0.940. The Labute approximate surface area is 108 Å². The second-order valence-corrected chi connectivity index (χ2v) is 5.22. The molecule has 0 aliphatic carbocycles. The first-order valence-corrected chi connectivity index (χ1v) is 6.28. The molecule has 5 heteroatoms. The topological polar surface area (TPSA) is 46.3 Å². The molecule has 2 N–H and O–H groups in total. The molecule has 1 aromatic rings. The molecule has 1 fully saturated rings. The minimum atomic E-state index is -0.312. The van der Waals surface area contributed by atoms with Crippen molar-refractivity contribution >= 4 is 27.5 Å². The van der Waals surface area contributed by atoms with Crippen molar-refractivity contribution in [1.29, 1.82) is 0 Å². The normalized spacial score (nSPS) is 20.1. The van der Waals surface area contributed by atoms with E-state index in [2.05, 4.69) is 15.9 Å². The molecule has 0 saturated carbocycles. The lowest BCUT2D eigenvalue weighted by atomic mass is 10.1. The Morgan fingerprint density at radius 3 is 2.88 bits per heavy atom. The third-order valence-corrected chi connectivity index (χ3v) is 3.68. The van der Waals surface area contributed by atoms with Crippen LogP contribution in [0.3, 0.4) is 0 Å². The van der Waals surface area contributed by atoms with Crippen LogP contribution < -0.4 is 10.6 Å². The largest absolute Gasteiger partial charge is 0.330 e. The van der Waals surface area contributed by atoms with Gasteiger partial charge in [-0.25, -0.2) is 4.39 Å². The standard InChI is InChI=1S/C12H14BrFN2O/c1-7-2-10(14)9(13)4-11(7)16-6-8(5-15)3-12(16)17/h2,4,8H,3,5-6,15H2,1H3. The van der Waals surface area contributed by atoms with Crippen LogP contribution in [-0.2, 0) is 4.79 Å². The molecule has 1 unspecified atom stereocenters. The van der Waals surface area contributed by atoms with Crippen LogP contribution in [0.2, 0.25) is 0 Å². The third-order valence-electron chi connectivity index (χ3n) is 3.07. The zero-order chi connectivity index (χ0) is 12.6. The van der Waals surface area contributed by atoms with Crippen molar-refractivity contribution in [2.75, 3.05) is 18.0 Å². The van der Waals surface area contributed by atoms with Crippen LogP contribution in [0.15, 0.2) is 16.6 Å². The summed E-state index contributed by atoms with van der Waals surface area (Å²) in [5.74, 6) is -0.0546. The summed E-state index contributed by atoms with van der Waals surface area (Å²) in [6, 6.07) is 3.09. The summed E-state index contributed by atoms with van der Waals surface area (Å²) in [4.78, 5) is 13.5. The van der Waals surface area contributed by atoms with E-state index >= 15 is 0 Å². The Morgan fingerprint density at radius 2 is 2.29 bits per heavy atom. The van der Waals surface area contributed by atoms with E-state index in [1.165, 1.54) is 6.07 Å². The maximum absolute atomic E-state index is 13.3. The molecule has 1 heterocycles. The molecular weight excluding hydrogens is 287 g/mol. The lowest BCUT2D eigenvalue weighted by molar-refractivity contribution is -0.117. The van der Waals surface area contributed by atoms with Gasteiger partial charge >= 0.3 is 0 Å². The summed E-state index contributed by atoms with van der Waals surface area (Å²) >= 11 is 3.14. The van der Waals surface area contributed by atoms with Gasteiger partial charge < -0.3 is 10.6 Å². The van der Waals surface area contributed by atoms with E-state index in [9.17, 15) is 9.18 Å². The van der Waals surface area contributed by atoms with Crippen molar-refractivity contribution < 1.29 is 9.18 Å². The number of hydrogen-bond acceptors (Lipinski definition) is 2. The molecule has 17 heavy (non-hydrogen) atoms. The molecule has 0 aromatic heterocycles. The van der Waals surface area contributed by atoms with E-state index in [1.54, 1.807) is 17.9 Å². The first-order valence-electron chi connectivity index (χ1n) is 5.49. The predicted molar refractivity (Wildman–Crippen MR) is 68.4 cm³/mol. The number of nitrogens with two attached hydrogens (primary N) is 1. The maximum Gasteiger partial charge on any atom is 0.227 e. The van der Waals surface area contributed by atoms with E-state index < -0.39 is 0 Å². The summed E-state index contributed by atoms with van der Waals surface area (Å²) in [5, 5.41) is 0. The van der Waals surface area contributed by atoms with Gasteiger partial charge in [0.15, 0.2) is 0 Å². The summed E-state index contributed by atoms with van der Waals surface area (Å²) in [7, 11) is 0. The van der Waals surface area contributed by atoms with Gasteiger partial charge in [-0.3, -0.25) is 4.79 Å². The van der Waals surface area contributed by atoms with Crippen LogP contribution in [0, 0.1) is 18.7 Å². The molecule has 0 radical (unpaired) electrons. The number of carbonyl (C=O) groups excluding carboxylic acids is 1. The van der Waals surface area contributed by atoms with Gasteiger partial charge in [0.05, 0.1) is 4.47 Å². The van der Waals surface area contributed by atoms with Crippen LogP contribution in [0.5, 0.6) is 0 Å². The van der Waals surface area contributed by atoms with Crippen LogP contribution in [0.4, 0.5) is 10.1 Å². The van der Waals surface area contributed by atoms with E-state index in [0.717, 1.165) is 11.3 Å². The molecule has 1 atom stereocenters. The van der Waals surface area contributed by atoms with Gasteiger partial charge in [-0.15, -0.1) is 0 Å². The first-order chi connectivity index (χ1) is 8.02.